The first kappa shape index (κ1) is 13.2. The zero-order valence-corrected chi connectivity index (χ0v) is 11.4. The highest BCUT2D eigenvalue weighted by molar-refractivity contribution is 5.60. The molecule has 0 saturated heterocycles. The maximum Gasteiger partial charge on any atom is 0.0661 e. The molecule has 4 N–H and O–H groups in total. The van der Waals surface area contributed by atoms with Crippen molar-refractivity contribution in [2.45, 2.75) is 45.1 Å². The second kappa shape index (κ2) is 5.19. The van der Waals surface area contributed by atoms with Crippen molar-refractivity contribution in [3.63, 3.8) is 0 Å². The van der Waals surface area contributed by atoms with Crippen LogP contribution in [0.5, 0.6) is 0 Å². The molecule has 0 heterocycles. The third-order valence-corrected chi connectivity index (χ3v) is 4.06. The number of hydrogen-bond donors (Lipinski definition) is 3. The SMILES string of the molecule is Cc1ccc(N)cc1NC1(CO)CCCC(C)C1. The number of rotatable bonds is 3. The topological polar surface area (TPSA) is 58.3 Å². The first-order valence-electron chi connectivity index (χ1n) is 6.80. The van der Waals surface area contributed by atoms with E-state index in [-0.39, 0.29) is 12.1 Å². The minimum absolute atomic E-state index is 0.170. The number of anilines is 2. The summed E-state index contributed by atoms with van der Waals surface area (Å²) < 4.78 is 0. The van der Waals surface area contributed by atoms with Crippen LogP contribution in [0.15, 0.2) is 18.2 Å². The number of benzene rings is 1. The fraction of sp³-hybridized carbons (Fsp3) is 0.600. The van der Waals surface area contributed by atoms with Crippen LogP contribution in [-0.4, -0.2) is 17.3 Å². The van der Waals surface area contributed by atoms with Crippen LogP contribution in [0.25, 0.3) is 0 Å². The Morgan fingerprint density at radius 3 is 2.94 bits per heavy atom. The molecular weight excluding hydrogens is 224 g/mol. The third-order valence-electron chi connectivity index (χ3n) is 4.06. The quantitative estimate of drug-likeness (QED) is 0.721. The molecule has 1 aromatic rings. The summed E-state index contributed by atoms with van der Waals surface area (Å²) >= 11 is 0. The maximum absolute atomic E-state index is 9.79. The molecule has 0 bridgehead atoms. The first-order chi connectivity index (χ1) is 8.54. The van der Waals surface area contributed by atoms with Crippen LogP contribution in [0.2, 0.25) is 0 Å². The molecule has 1 fully saturated rings. The van der Waals surface area contributed by atoms with E-state index in [1.807, 2.05) is 18.2 Å². The zero-order valence-electron chi connectivity index (χ0n) is 11.4. The smallest absolute Gasteiger partial charge is 0.0661 e. The van der Waals surface area contributed by atoms with Gasteiger partial charge < -0.3 is 16.2 Å². The fourth-order valence-corrected chi connectivity index (χ4v) is 3.02. The number of hydrogen-bond acceptors (Lipinski definition) is 3. The van der Waals surface area contributed by atoms with E-state index in [0.29, 0.717) is 5.92 Å². The molecule has 3 nitrogen and oxygen atoms in total. The van der Waals surface area contributed by atoms with Gasteiger partial charge in [-0.3, -0.25) is 0 Å². The highest BCUT2D eigenvalue weighted by Gasteiger charge is 2.34. The van der Waals surface area contributed by atoms with Gasteiger partial charge in [0.15, 0.2) is 0 Å². The van der Waals surface area contributed by atoms with Crippen molar-refractivity contribution in [2.75, 3.05) is 17.7 Å². The number of nitrogens with two attached hydrogens (primary N) is 1. The number of nitrogens with one attached hydrogen (secondary N) is 1. The summed E-state index contributed by atoms with van der Waals surface area (Å²) in [6.45, 7) is 4.52. The van der Waals surface area contributed by atoms with Gasteiger partial charge in [-0.05, 0) is 43.4 Å². The zero-order chi connectivity index (χ0) is 13.2. The molecule has 2 atom stereocenters. The molecule has 2 rings (SSSR count). The van der Waals surface area contributed by atoms with Gasteiger partial charge >= 0.3 is 0 Å². The number of nitrogen functional groups attached to an aromatic ring is 1. The molecule has 0 radical (unpaired) electrons. The van der Waals surface area contributed by atoms with E-state index in [2.05, 4.69) is 19.2 Å². The van der Waals surface area contributed by atoms with E-state index < -0.39 is 0 Å². The molecule has 0 aromatic heterocycles. The van der Waals surface area contributed by atoms with Crippen molar-refractivity contribution in [3.8, 4) is 0 Å². The second-order valence-electron chi connectivity index (χ2n) is 5.84. The Balaban J connectivity index is 2.21. The van der Waals surface area contributed by atoms with E-state index in [9.17, 15) is 5.11 Å². The minimum Gasteiger partial charge on any atom is -0.399 e. The lowest BCUT2D eigenvalue weighted by Gasteiger charge is -2.40. The van der Waals surface area contributed by atoms with E-state index >= 15 is 0 Å². The highest BCUT2D eigenvalue weighted by atomic mass is 16.3. The van der Waals surface area contributed by atoms with Gasteiger partial charge in [-0.25, -0.2) is 0 Å². The predicted octanol–water partition coefficient (Wildman–Crippen LogP) is 2.93. The molecule has 100 valence electrons. The molecule has 3 heteroatoms. The lowest BCUT2D eigenvalue weighted by Crippen LogP contribution is -2.46. The fourth-order valence-electron chi connectivity index (χ4n) is 3.02. The molecular formula is C15H24N2O. The Hall–Kier alpha value is -1.22. The van der Waals surface area contributed by atoms with Crippen LogP contribution in [0.1, 0.15) is 38.2 Å². The summed E-state index contributed by atoms with van der Waals surface area (Å²) in [5, 5.41) is 13.3. The summed E-state index contributed by atoms with van der Waals surface area (Å²) in [7, 11) is 0. The van der Waals surface area contributed by atoms with E-state index in [1.54, 1.807) is 0 Å². The molecule has 18 heavy (non-hydrogen) atoms. The van der Waals surface area contributed by atoms with Crippen LogP contribution in [0.3, 0.4) is 0 Å². The van der Waals surface area contributed by atoms with Gasteiger partial charge in [0.2, 0.25) is 0 Å². The summed E-state index contributed by atoms with van der Waals surface area (Å²) in [4.78, 5) is 0. The normalized spacial score (nSPS) is 28.1. The van der Waals surface area contributed by atoms with Gasteiger partial charge in [0, 0.05) is 11.4 Å². The van der Waals surface area contributed by atoms with Crippen LogP contribution < -0.4 is 11.1 Å². The van der Waals surface area contributed by atoms with E-state index in [0.717, 1.165) is 24.2 Å². The lowest BCUT2D eigenvalue weighted by molar-refractivity contribution is 0.149. The highest BCUT2D eigenvalue weighted by Crippen LogP contribution is 2.35. The Morgan fingerprint density at radius 2 is 2.28 bits per heavy atom. The third kappa shape index (κ3) is 2.78. The van der Waals surface area contributed by atoms with Crippen LogP contribution in [-0.2, 0) is 0 Å². The minimum atomic E-state index is -0.170. The monoisotopic (exact) mass is 248 g/mol. The second-order valence-corrected chi connectivity index (χ2v) is 5.84. The molecule has 1 aliphatic rings. The van der Waals surface area contributed by atoms with Crippen molar-refractivity contribution < 1.29 is 5.11 Å². The molecule has 1 aromatic carbocycles. The lowest BCUT2D eigenvalue weighted by atomic mass is 9.76. The standard InChI is InChI=1S/C15H24N2O/c1-11-4-3-7-15(9-11,10-18)17-14-8-13(16)6-5-12(14)2/h5-6,8,11,17-18H,3-4,7,9-10,16H2,1-2H3. The average Bonchev–Trinajstić information content (AvgIpc) is 2.34. The predicted molar refractivity (Wildman–Crippen MR) is 76.7 cm³/mol. The van der Waals surface area contributed by atoms with Crippen molar-refractivity contribution >= 4 is 11.4 Å². The van der Waals surface area contributed by atoms with Crippen LogP contribution in [0.4, 0.5) is 11.4 Å². The molecule has 0 amide bonds. The van der Waals surface area contributed by atoms with Gasteiger partial charge in [0.1, 0.15) is 0 Å². The van der Waals surface area contributed by atoms with Crippen LogP contribution >= 0.6 is 0 Å². The van der Waals surface area contributed by atoms with Crippen molar-refractivity contribution in [1.29, 1.82) is 0 Å². The van der Waals surface area contributed by atoms with Gasteiger partial charge in [0.05, 0.1) is 12.1 Å². The molecule has 1 aliphatic carbocycles. The number of aliphatic hydroxyl groups excluding tert-OH is 1. The Labute approximate surface area is 109 Å². The van der Waals surface area contributed by atoms with Crippen molar-refractivity contribution in [1.82, 2.24) is 0 Å². The average molecular weight is 248 g/mol. The first-order valence-corrected chi connectivity index (χ1v) is 6.80. The summed E-state index contributed by atoms with van der Waals surface area (Å²) in [6.07, 6.45) is 4.50. The summed E-state index contributed by atoms with van der Waals surface area (Å²) in [6, 6.07) is 5.90. The number of aliphatic hydroxyl groups is 1. The van der Waals surface area contributed by atoms with Gasteiger partial charge in [-0.15, -0.1) is 0 Å². The van der Waals surface area contributed by atoms with Crippen LogP contribution in [0, 0.1) is 12.8 Å². The van der Waals surface area contributed by atoms with Gasteiger partial charge in [-0.2, -0.15) is 0 Å². The summed E-state index contributed by atoms with van der Waals surface area (Å²) in [5.41, 5.74) is 8.67. The Kier molecular flexibility index (Phi) is 3.81. The Bertz CT molecular complexity index is 419. The summed E-state index contributed by atoms with van der Waals surface area (Å²) in [5.74, 6) is 0.666. The van der Waals surface area contributed by atoms with Gasteiger partial charge in [0.25, 0.3) is 0 Å². The molecule has 0 aliphatic heterocycles. The molecule has 2 unspecified atom stereocenters. The van der Waals surface area contributed by atoms with E-state index in [4.69, 9.17) is 5.73 Å². The molecule has 0 spiro atoms. The molecule has 1 saturated carbocycles. The number of aryl methyl sites for hydroxylation is 1. The van der Waals surface area contributed by atoms with Crippen molar-refractivity contribution in [3.05, 3.63) is 23.8 Å². The van der Waals surface area contributed by atoms with E-state index in [1.165, 1.54) is 18.4 Å². The maximum atomic E-state index is 9.79. The Morgan fingerprint density at radius 1 is 1.50 bits per heavy atom. The van der Waals surface area contributed by atoms with Crippen molar-refractivity contribution in [2.24, 2.45) is 5.92 Å². The van der Waals surface area contributed by atoms with Gasteiger partial charge in [-0.1, -0.05) is 25.8 Å². The largest absolute Gasteiger partial charge is 0.399 e.